The third-order valence-electron chi connectivity index (χ3n) is 7.86. The molecule has 2 aromatic carbocycles. The van der Waals surface area contributed by atoms with E-state index in [2.05, 4.69) is 12.1 Å². The van der Waals surface area contributed by atoms with Crippen molar-refractivity contribution in [2.45, 2.75) is 37.8 Å². The molecule has 1 amide bonds. The molecule has 4 aliphatic rings. The summed E-state index contributed by atoms with van der Waals surface area (Å²) in [6, 6.07) is 17.6. The van der Waals surface area contributed by atoms with E-state index in [4.69, 9.17) is 14.5 Å². The Morgan fingerprint density at radius 3 is 2.82 bits per heavy atom. The molecule has 2 aromatic rings. The van der Waals surface area contributed by atoms with Gasteiger partial charge in [-0.05, 0) is 36.5 Å². The summed E-state index contributed by atoms with van der Waals surface area (Å²) in [5.74, 6) is 0.162. The van der Waals surface area contributed by atoms with Crippen LogP contribution in [0.3, 0.4) is 0 Å². The van der Waals surface area contributed by atoms with Gasteiger partial charge >= 0.3 is 12.1 Å². The lowest BCUT2D eigenvalue weighted by Gasteiger charge is -2.56. The summed E-state index contributed by atoms with van der Waals surface area (Å²) in [6.45, 7) is 3.15. The first-order valence-corrected chi connectivity index (χ1v) is 11.6. The molecule has 3 aliphatic heterocycles. The summed E-state index contributed by atoms with van der Waals surface area (Å²) in [5.41, 5.74) is 4.55. The molecule has 0 unspecified atom stereocenters. The Morgan fingerprint density at radius 2 is 2.00 bits per heavy atom. The molecule has 0 N–H and O–H groups in total. The van der Waals surface area contributed by atoms with Crippen molar-refractivity contribution in [2.75, 3.05) is 13.2 Å². The van der Waals surface area contributed by atoms with Crippen LogP contribution in [0.4, 0.5) is 10.5 Å². The molecule has 2 bridgehead atoms. The van der Waals surface area contributed by atoms with Crippen molar-refractivity contribution in [3.63, 3.8) is 0 Å². The Labute approximate surface area is 192 Å². The average molecular weight is 443 g/mol. The second-order valence-corrected chi connectivity index (χ2v) is 9.34. The van der Waals surface area contributed by atoms with Gasteiger partial charge in [0.1, 0.15) is 6.61 Å². The molecule has 1 saturated carbocycles. The number of benzene rings is 2. The Bertz CT molecular complexity index is 1190. The van der Waals surface area contributed by atoms with Gasteiger partial charge in [0.15, 0.2) is 0 Å². The van der Waals surface area contributed by atoms with Gasteiger partial charge in [0.2, 0.25) is 0 Å². The van der Waals surface area contributed by atoms with E-state index in [0.29, 0.717) is 13.2 Å². The smallest absolute Gasteiger partial charge is 0.410 e. The minimum absolute atomic E-state index is 0.127. The van der Waals surface area contributed by atoms with Crippen LogP contribution in [0.5, 0.6) is 0 Å². The molecule has 3 fully saturated rings. The van der Waals surface area contributed by atoms with Gasteiger partial charge in [-0.15, -0.1) is 0 Å². The van der Waals surface area contributed by atoms with Crippen LogP contribution in [-0.2, 0) is 26.3 Å². The topological polar surface area (TPSA) is 68.2 Å². The van der Waals surface area contributed by atoms with Crippen molar-refractivity contribution in [3.05, 3.63) is 77.4 Å². The monoisotopic (exact) mass is 442 g/mol. The number of esters is 1. The molecular weight excluding hydrogens is 416 g/mol. The van der Waals surface area contributed by atoms with Crippen LogP contribution >= 0.6 is 0 Å². The van der Waals surface area contributed by atoms with Crippen molar-refractivity contribution in [1.82, 2.24) is 4.90 Å². The van der Waals surface area contributed by atoms with E-state index in [9.17, 15) is 9.59 Å². The fraction of sp³-hybridized carbons (Fsp3) is 0.370. The Morgan fingerprint density at radius 1 is 1.21 bits per heavy atom. The molecular formula is C27H26N2O4. The number of piperidine rings is 1. The summed E-state index contributed by atoms with van der Waals surface area (Å²) in [7, 11) is 0. The van der Waals surface area contributed by atoms with E-state index >= 15 is 0 Å². The summed E-state index contributed by atoms with van der Waals surface area (Å²) in [5, 5.41) is 0. The zero-order chi connectivity index (χ0) is 22.6. The maximum atomic E-state index is 13.3. The van der Waals surface area contributed by atoms with E-state index in [1.54, 1.807) is 0 Å². The van der Waals surface area contributed by atoms with E-state index in [1.807, 2.05) is 60.4 Å². The number of nitrogens with zero attached hydrogens (tertiary/aromatic N) is 2. The predicted octanol–water partition coefficient (Wildman–Crippen LogP) is 4.56. The molecule has 1 spiro atoms. The van der Waals surface area contributed by atoms with Gasteiger partial charge in [-0.2, -0.15) is 0 Å². The number of hydrogen-bond acceptors (Lipinski definition) is 5. The van der Waals surface area contributed by atoms with E-state index in [0.717, 1.165) is 28.9 Å². The number of amides is 1. The van der Waals surface area contributed by atoms with Crippen LogP contribution in [-0.4, -0.2) is 41.9 Å². The number of cyclic esters (lactones) is 1. The van der Waals surface area contributed by atoms with Crippen LogP contribution in [0.2, 0.25) is 0 Å². The fourth-order valence-corrected chi connectivity index (χ4v) is 6.38. The summed E-state index contributed by atoms with van der Waals surface area (Å²) < 4.78 is 11.3. The van der Waals surface area contributed by atoms with Crippen molar-refractivity contribution in [3.8, 4) is 0 Å². The SMILES string of the molecule is C/C=C1/CN(C(=O)OCc2ccccc2)[C@H]2C[C@@H]1[C@H]1COC(=O)C[C@@]13C2=Nc1ccccc13. The standard InChI is InChI=1S/C27H26N2O4/c1-2-18-14-29(26(31)33-15-17-8-4-3-5-9-17)23-12-19(18)21-16-32-24(30)13-27(21)20-10-6-7-11-22(20)28-25(23)27/h2-11,19,21,23H,12-16H2,1H3/b18-2-/t19-,21+,23-,27-/m0/s1. The Kier molecular flexibility index (Phi) is 4.64. The number of rotatable bonds is 2. The van der Waals surface area contributed by atoms with Gasteiger partial charge in [0.05, 0.1) is 35.9 Å². The molecule has 6 nitrogen and oxygen atoms in total. The molecule has 6 heteroatoms. The maximum absolute atomic E-state index is 13.3. The lowest BCUT2D eigenvalue weighted by Crippen LogP contribution is -2.66. The normalized spacial score (nSPS) is 30.6. The molecule has 168 valence electrons. The highest BCUT2D eigenvalue weighted by atomic mass is 16.6. The van der Waals surface area contributed by atoms with Crippen LogP contribution in [0.25, 0.3) is 0 Å². The van der Waals surface area contributed by atoms with Crippen LogP contribution in [0.1, 0.15) is 30.9 Å². The van der Waals surface area contributed by atoms with Crippen LogP contribution in [0.15, 0.2) is 71.2 Å². The quantitative estimate of drug-likeness (QED) is 0.505. The number of ether oxygens (including phenoxy) is 2. The molecule has 2 saturated heterocycles. The van der Waals surface area contributed by atoms with E-state index < -0.39 is 5.41 Å². The molecule has 1 aliphatic carbocycles. The van der Waals surface area contributed by atoms with Crippen molar-refractivity contribution < 1.29 is 19.1 Å². The number of carbonyl (C=O) groups excluding carboxylic acids is 2. The molecule has 3 heterocycles. The van der Waals surface area contributed by atoms with Crippen molar-refractivity contribution >= 4 is 23.5 Å². The van der Waals surface area contributed by atoms with Gasteiger partial charge in [0, 0.05) is 12.5 Å². The average Bonchev–Trinajstić information content (AvgIpc) is 3.17. The molecule has 33 heavy (non-hydrogen) atoms. The lowest BCUT2D eigenvalue weighted by atomic mass is 9.52. The number of allylic oxidation sites excluding steroid dienone is 1. The van der Waals surface area contributed by atoms with E-state index in [-0.39, 0.29) is 43.0 Å². The predicted molar refractivity (Wildman–Crippen MR) is 123 cm³/mol. The molecule has 6 rings (SSSR count). The first-order valence-electron chi connectivity index (χ1n) is 11.6. The minimum atomic E-state index is -0.522. The summed E-state index contributed by atoms with van der Waals surface area (Å²) >= 11 is 0. The number of para-hydroxylation sites is 1. The van der Waals surface area contributed by atoms with Gasteiger partial charge in [-0.1, -0.05) is 60.2 Å². The molecule has 4 atom stereocenters. The fourth-order valence-electron chi connectivity index (χ4n) is 6.38. The number of likely N-dealkylation sites (tertiary alicyclic amines) is 1. The van der Waals surface area contributed by atoms with Gasteiger partial charge in [0.25, 0.3) is 0 Å². The highest BCUT2D eigenvalue weighted by Crippen LogP contribution is 2.59. The van der Waals surface area contributed by atoms with Crippen molar-refractivity contribution in [1.29, 1.82) is 0 Å². The van der Waals surface area contributed by atoms with Crippen molar-refractivity contribution in [2.24, 2.45) is 16.8 Å². The second-order valence-electron chi connectivity index (χ2n) is 9.34. The summed E-state index contributed by atoms with van der Waals surface area (Å²) in [6.07, 6.45) is 2.82. The lowest BCUT2D eigenvalue weighted by molar-refractivity contribution is -0.155. The minimum Gasteiger partial charge on any atom is -0.465 e. The van der Waals surface area contributed by atoms with Gasteiger partial charge < -0.3 is 9.47 Å². The molecule has 0 aromatic heterocycles. The number of hydrogen-bond donors (Lipinski definition) is 0. The maximum Gasteiger partial charge on any atom is 0.410 e. The number of aliphatic imine (C=N–C) groups is 1. The third-order valence-corrected chi connectivity index (χ3v) is 7.86. The van der Waals surface area contributed by atoms with Crippen LogP contribution in [0, 0.1) is 11.8 Å². The van der Waals surface area contributed by atoms with Gasteiger partial charge in [-0.25, -0.2) is 4.79 Å². The van der Waals surface area contributed by atoms with Gasteiger partial charge in [-0.3, -0.25) is 14.7 Å². The Balaban J connectivity index is 1.40. The first kappa shape index (κ1) is 20.2. The largest absolute Gasteiger partial charge is 0.465 e. The van der Waals surface area contributed by atoms with Crippen LogP contribution < -0.4 is 0 Å². The highest BCUT2D eigenvalue weighted by Gasteiger charge is 2.63. The Hall–Kier alpha value is -3.41. The first-order chi connectivity index (χ1) is 16.1. The number of fused-ring (bicyclic) bond motifs is 5. The zero-order valence-electron chi connectivity index (χ0n) is 18.6. The second kappa shape index (κ2) is 7.58. The zero-order valence-corrected chi connectivity index (χ0v) is 18.6. The molecule has 0 radical (unpaired) electrons. The third kappa shape index (κ3) is 2.96. The summed E-state index contributed by atoms with van der Waals surface area (Å²) in [4.78, 5) is 32.8. The highest BCUT2D eigenvalue weighted by molar-refractivity contribution is 6.09. The number of carbonyl (C=O) groups is 2. The van der Waals surface area contributed by atoms with E-state index in [1.165, 1.54) is 5.57 Å².